The number of methoxy groups -OCH3 is 1. The van der Waals surface area contributed by atoms with Crippen molar-refractivity contribution in [3.05, 3.63) is 11.9 Å². The first-order valence-corrected chi connectivity index (χ1v) is 5.51. The molecule has 0 aromatic rings. The summed E-state index contributed by atoms with van der Waals surface area (Å²) in [6, 6.07) is 0. The highest BCUT2D eigenvalue weighted by Gasteiger charge is 2.33. The van der Waals surface area contributed by atoms with E-state index in [0.29, 0.717) is 6.54 Å². The number of ether oxygens (including phenoxy) is 1. The average Bonchev–Trinajstić information content (AvgIpc) is 2.29. The maximum Gasteiger partial charge on any atom is 0.326 e. The van der Waals surface area contributed by atoms with E-state index in [2.05, 4.69) is 5.32 Å². The quantitative estimate of drug-likeness (QED) is 0.334. The Bertz CT molecular complexity index is 310. The minimum atomic E-state index is -1.49. The second-order valence-electron chi connectivity index (χ2n) is 3.92. The molecule has 18 heavy (non-hydrogen) atoms. The number of halogens is 1. The smallest absolute Gasteiger partial charge is 0.326 e. The number of carboxylic acid groups (broad SMARTS) is 1. The minimum Gasteiger partial charge on any atom is -0.480 e. The molecule has 0 spiro atoms. The van der Waals surface area contributed by atoms with Gasteiger partial charge in [-0.2, -0.15) is 0 Å². The van der Waals surface area contributed by atoms with Gasteiger partial charge in [-0.25, -0.2) is 4.39 Å². The lowest BCUT2D eigenvalue weighted by molar-refractivity contribution is -0.145. The van der Waals surface area contributed by atoms with Crippen LogP contribution >= 0.6 is 0 Å². The summed E-state index contributed by atoms with van der Waals surface area (Å²) in [6.45, 7) is 0.190. The number of aliphatic carboxylic acids is 1. The SMILES string of the molecule is COCC(N)(CCC=C(F)CNCC=N)C(=O)O. The van der Waals surface area contributed by atoms with E-state index < -0.39 is 17.3 Å². The Morgan fingerprint density at radius 3 is 2.83 bits per heavy atom. The van der Waals surface area contributed by atoms with Crippen molar-refractivity contribution in [3.8, 4) is 0 Å². The Balaban J connectivity index is 4.16. The molecule has 104 valence electrons. The van der Waals surface area contributed by atoms with E-state index in [1.54, 1.807) is 0 Å². The highest BCUT2D eigenvalue weighted by molar-refractivity contribution is 5.78. The van der Waals surface area contributed by atoms with Crippen molar-refractivity contribution in [1.29, 1.82) is 5.41 Å². The van der Waals surface area contributed by atoms with E-state index in [4.69, 9.17) is 21.0 Å². The molecule has 6 nitrogen and oxygen atoms in total. The van der Waals surface area contributed by atoms with Gasteiger partial charge in [-0.05, 0) is 12.8 Å². The molecule has 0 saturated carbocycles. The highest BCUT2D eigenvalue weighted by atomic mass is 19.1. The van der Waals surface area contributed by atoms with E-state index in [-0.39, 0.29) is 26.0 Å². The molecule has 0 aliphatic carbocycles. The lowest BCUT2D eigenvalue weighted by Gasteiger charge is -2.22. The fraction of sp³-hybridized carbons (Fsp3) is 0.636. The number of nitrogens with two attached hydrogens (primary N) is 1. The molecule has 0 heterocycles. The molecule has 1 atom stereocenters. The van der Waals surface area contributed by atoms with Crippen LogP contribution in [0.1, 0.15) is 12.8 Å². The normalized spacial score (nSPS) is 15.2. The average molecular weight is 261 g/mol. The number of nitrogens with one attached hydrogen (secondary N) is 2. The van der Waals surface area contributed by atoms with Gasteiger partial charge in [-0.15, -0.1) is 0 Å². The van der Waals surface area contributed by atoms with Crippen LogP contribution in [0.15, 0.2) is 11.9 Å². The molecule has 7 heteroatoms. The Hall–Kier alpha value is -1.31. The van der Waals surface area contributed by atoms with Crippen molar-refractivity contribution in [2.24, 2.45) is 5.73 Å². The van der Waals surface area contributed by atoms with Crippen molar-refractivity contribution in [3.63, 3.8) is 0 Å². The largest absolute Gasteiger partial charge is 0.480 e. The predicted octanol–water partition coefficient (Wildman–Crippen LogP) is 0.288. The molecule has 5 N–H and O–H groups in total. The van der Waals surface area contributed by atoms with E-state index in [1.165, 1.54) is 13.2 Å². The van der Waals surface area contributed by atoms with Gasteiger partial charge >= 0.3 is 5.97 Å². The van der Waals surface area contributed by atoms with Crippen LogP contribution in [-0.2, 0) is 9.53 Å². The van der Waals surface area contributed by atoms with E-state index >= 15 is 0 Å². The summed E-state index contributed by atoms with van der Waals surface area (Å²) < 4.78 is 17.9. The van der Waals surface area contributed by atoms with Crippen LogP contribution in [0, 0.1) is 5.41 Å². The van der Waals surface area contributed by atoms with Gasteiger partial charge in [0, 0.05) is 26.4 Å². The third-order valence-electron chi connectivity index (χ3n) is 2.32. The fourth-order valence-electron chi connectivity index (χ4n) is 1.32. The summed E-state index contributed by atoms with van der Waals surface area (Å²) >= 11 is 0. The van der Waals surface area contributed by atoms with Gasteiger partial charge in [0.2, 0.25) is 0 Å². The molecule has 0 radical (unpaired) electrons. The van der Waals surface area contributed by atoms with Gasteiger partial charge < -0.3 is 26.3 Å². The standard InChI is InChI=1S/C11H20FN3O3/c1-18-8-11(14,10(16)17)4-2-3-9(12)7-15-6-5-13/h3,5,13,15H,2,4,6-8,14H2,1H3,(H,16,17). The number of carbonyl (C=O) groups is 1. The van der Waals surface area contributed by atoms with Gasteiger partial charge in [0.05, 0.1) is 6.61 Å². The zero-order valence-corrected chi connectivity index (χ0v) is 10.4. The van der Waals surface area contributed by atoms with E-state index in [0.717, 1.165) is 6.21 Å². The topological polar surface area (TPSA) is 108 Å². The van der Waals surface area contributed by atoms with Crippen LogP contribution in [0.2, 0.25) is 0 Å². The third-order valence-corrected chi connectivity index (χ3v) is 2.32. The first-order valence-electron chi connectivity index (χ1n) is 5.51. The Kier molecular flexibility index (Phi) is 8.10. The van der Waals surface area contributed by atoms with Crippen LogP contribution in [0.25, 0.3) is 0 Å². The monoisotopic (exact) mass is 261 g/mol. The molecular formula is C11H20FN3O3. The molecule has 0 aliphatic rings. The summed E-state index contributed by atoms with van der Waals surface area (Å²) in [5, 5.41) is 18.4. The molecular weight excluding hydrogens is 241 g/mol. The summed E-state index contributed by atoms with van der Waals surface area (Å²) in [4.78, 5) is 10.9. The van der Waals surface area contributed by atoms with Gasteiger partial charge in [0.15, 0.2) is 0 Å². The number of hydrogen-bond acceptors (Lipinski definition) is 5. The van der Waals surface area contributed by atoms with Crippen molar-refractivity contribution in [2.75, 3.05) is 26.8 Å². The van der Waals surface area contributed by atoms with Crippen molar-refractivity contribution in [2.45, 2.75) is 18.4 Å². The Morgan fingerprint density at radius 1 is 1.67 bits per heavy atom. The Labute approximate surface area is 106 Å². The molecule has 0 bridgehead atoms. The van der Waals surface area contributed by atoms with Gasteiger partial charge in [0.1, 0.15) is 11.4 Å². The summed E-state index contributed by atoms with van der Waals surface area (Å²) in [6.07, 6.45) is 2.72. The van der Waals surface area contributed by atoms with Crippen LogP contribution in [0.5, 0.6) is 0 Å². The molecule has 0 amide bonds. The molecule has 1 unspecified atom stereocenters. The first kappa shape index (κ1) is 16.7. The second kappa shape index (κ2) is 8.73. The minimum absolute atomic E-state index is 0.0182. The zero-order chi connectivity index (χ0) is 14.0. The van der Waals surface area contributed by atoms with Crippen molar-refractivity contribution < 1.29 is 19.0 Å². The summed E-state index contributed by atoms with van der Waals surface area (Å²) in [5.74, 6) is -1.57. The predicted molar refractivity (Wildman–Crippen MR) is 66.5 cm³/mol. The summed E-state index contributed by atoms with van der Waals surface area (Å²) in [7, 11) is 1.36. The molecule has 0 aromatic carbocycles. The van der Waals surface area contributed by atoms with Gasteiger partial charge in [-0.3, -0.25) is 4.79 Å². The number of allylic oxidation sites excluding steroid dienone is 1. The van der Waals surface area contributed by atoms with Gasteiger partial charge in [0.25, 0.3) is 0 Å². The number of hydrogen-bond donors (Lipinski definition) is 4. The third kappa shape index (κ3) is 6.43. The van der Waals surface area contributed by atoms with Crippen molar-refractivity contribution in [1.82, 2.24) is 5.32 Å². The Morgan fingerprint density at radius 2 is 2.33 bits per heavy atom. The van der Waals surface area contributed by atoms with Crippen molar-refractivity contribution >= 4 is 12.2 Å². The van der Waals surface area contributed by atoms with Gasteiger partial charge in [-0.1, -0.05) is 6.08 Å². The lowest BCUT2D eigenvalue weighted by atomic mass is 9.95. The number of rotatable bonds is 10. The van der Waals surface area contributed by atoms with E-state index in [1.807, 2.05) is 0 Å². The van der Waals surface area contributed by atoms with Crippen LogP contribution < -0.4 is 11.1 Å². The van der Waals surface area contributed by atoms with Crippen LogP contribution in [0.4, 0.5) is 4.39 Å². The first-order chi connectivity index (χ1) is 8.46. The number of carboxylic acids is 1. The fourth-order valence-corrected chi connectivity index (χ4v) is 1.32. The summed E-state index contributed by atoms with van der Waals surface area (Å²) in [5.41, 5.74) is 4.15. The molecule has 0 rings (SSSR count). The maximum absolute atomic E-state index is 13.2. The highest BCUT2D eigenvalue weighted by Crippen LogP contribution is 2.12. The van der Waals surface area contributed by atoms with Crippen LogP contribution in [-0.4, -0.2) is 49.6 Å². The molecule has 0 aromatic heterocycles. The molecule has 0 fully saturated rings. The second-order valence-corrected chi connectivity index (χ2v) is 3.92. The molecule has 0 aliphatic heterocycles. The van der Waals surface area contributed by atoms with Crippen LogP contribution in [0.3, 0.4) is 0 Å². The van der Waals surface area contributed by atoms with E-state index in [9.17, 15) is 9.18 Å². The maximum atomic E-state index is 13.2. The lowest BCUT2D eigenvalue weighted by Crippen LogP contribution is -2.51. The molecule has 0 saturated heterocycles. The zero-order valence-electron chi connectivity index (χ0n) is 10.4.